The molecule has 0 aliphatic rings. The van der Waals surface area contributed by atoms with Gasteiger partial charge in [-0.1, -0.05) is 45.7 Å². The molecule has 6 heteroatoms. The molecule has 4 nitrogen and oxygen atoms in total. The quantitative estimate of drug-likeness (QED) is 0.605. The number of rotatable bonds is 5. The highest BCUT2D eigenvalue weighted by atomic mass is 79.9. The van der Waals surface area contributed by atoms with Crippen LogP contribution in [0.5, 0.6) is 0 Å². The highest BCUT2D eigenvalue weighted by Crippen LogP contribution is 2.26. The summed E-state index contributed by atoms with van der Waals surface area (Å²) < 4.78 is 1.01. The molecule has 1 atom stereocenters. The molecule has 0 spiro atoms. The molecule has 2 rings (SSSR count). The van der Waals surface area contributed by atoms with Crippen LogP contribution in [0.25, 0.3) is 0 Å². The van der Waals surface area contributed by atoms with Crippen LogP contribution in [-0.2, 0) is 6.54 Å². The minimum Gasteiger partial charge on any atom is -0.306 e. The third kappa shape index (κ3) is 4.03. The Morgan fingerprint density at radius 3 is 2.71 bits per heavy atom. The van der Waals surface area contributed by atoms with Crippen LogP contribution in [0.2, 0.25) is 5.02 Å². The SMILES string of the molecule is C[C@H](NCc1ccc(Cl)cc1[N+](=O)[O-])c1ccccc1Br. The number of halogens is 2. The maximum atomic E-state index is 11.1. The lowest BCUT2D eigenvalue weighted by atomic mass is 10.1. The van der Waals surface area contributed by atoms with Gasteiger partial charge in [-0.3, -0.25) is 10.1 Å². The summed E-state index contributed by atoms with van der Waals surface area (Å²) in [7, 11) is 0. The Balaban J connectivity index is 2.13. The van der Waals surface area contributed by atoms with Gasteiger partial charge in [0.15, 0.2) is 0 Å². The van der Waals surface area contributed by atoms with Gasteiger partial charge < -0.3 is 5.32 Å². The number of hydrogen-bond donors (Lipinski definition) is 1. The first-order valence-electron chi connectivity index (χ1n) is 6.39. The highest BCUT2D eigenvalue weighted by Gasteiger charge is 2.15. The second-order valence-corrected chi connectivity index (χ2v) is 5.95. The van der Waals surface area contributed by atoms with Gasteiger partial charge in [-0.25, -0.2) is 0 Å². The average molecular weight is 370 g/mol. The van der Waals surface area contributed by atoms with E-state index in [9.17, 15) is 10.1 Å². The summed E-state index contributed by atoms with van der Waals surface area (Å²) >= 11 is 9.31. The largest absolute Gasteiger partial charge is 0.306 e. The van der Waals surface area contributed by atoms with Crippen molar-refractivity contribution in [2.24, 2.45) is 0 Å². The van der Waals surface area contributed by atoms with E-state index < -0.39 is 4.92 Å². The lowest BCUT2D eigenvalue weighted by Gasteiger charge is -2.16. The zero-order valence-corrected chi connectivity index (χ0v) is 13.7. The maximum Gasteiger partial charge on any atom is 0.275 e. The molecule has 0 aliphatic carbocycles. The zero-order chi connectivity index (χ0) is 15.4. The van der Waals surface area contributed by atoms with Crippen LogP contribution in [0.3, 0.4) is 0 Å². The van der Waals surface area contributed by atoms with Gasteiger partial charge in [-0.2, -0.15) is 0 Å². The van der Waals surface area contributed by atoms with Crippen molar-refractivity contribution >= 4 is 33.2 Å². The number of nitrogens with one attached hydrogen (secondary N) is 1. The van der Waals surface area contributed by atoms with Gasteiger partial charge in [0.25, 0.3) is 5.69 Å². The Hall–Kier alpha value is -1.43. The van der Waals surface area contributed by atoms with E-state index in [1.165, 1.54) is 6.07 Å². The summed E-state index contributed by atoms with van der Waals surface area (Å²) in [5.74, 6) is 0. The van der Waals surface area contributed by atoms with Gasteiger partial charge in [0, 0.05) is 33.7 Å². The van der Waals surface area contributed by atoms with Gasteiger partial charge >= 0.3 is 0 Å². The van der Waals surface area contributed by atoms with Crippen LogP contribution >= 0.6 is 27.5 Å². The summed E-state index contributed by atoms with van der Waals surface area (Å²) in [6, 6.07) is 12.7. The van der Waals surface area contributed by atoms with E-state index in [4.69, 9.17) is 11.6 Å². The molecule has 2 aromatic carbocycles. The van der Waals surface area contributed by atoms with Gasteiger partial charge in [0.05, 0.1) is 4.92 Å². The van der Waals surface area contributed by atoms with Crippen molar-refractivity contribution in [2.75, 3.05) is 0 Å². The Labute approximate surface area is 136 Å². The molecule has 110 valence electrons. The number of nitro benzene ring substituents is 1. The van der Waals surface area contributed by atoms with Crippen LogP contribution in [0.4, 0.5) is 5.69 Å². The number of hydrogen-bond acceptors (Lipinski definition) is 3. The fraction of sp³-hybridized carbons (Fsp3) is 0.200. The molecule has 0 bridgehead atoms. The summed E-state index contributed by atoms with van der Waals surface area (Å²) in [6.07, 6.45) is 0. The Bertz CT molecular complexity index is 664. The van der Waals surface area contributed by atoms with E-state index in [0.29, 0.717) is 17.1 Å². The number of nitro groups is 1. The molecule has 0 fully saturated rings. The standard InChI is InChI=1S/C15H14BrClN2O2/c1-10(13-4-2-3-5-14(13)16)18-9-11-6-7-12(17)8-15(11)19(20)21/h2-8,10,18H,9H2,1H3/t10-/m0/s1. The van der Waals surface area contributed by atoms with E-state index in [-0.39, 0.29) is 11.7 Å². The molecule has 2 aromatic rings. The third-order valence-corrected chi connectivity index (χ3v) is 4.17. The average Bonchev–Trinajstić information content (AvgIpc) is 2.46. The predicted molar refractivity (Wildman–Crippen MR) is 87.5 cm³/mol. The van der Waals surface area contributed by atoms with Crippen molar-refractivity contribution in [3.8, 4) is 0 Å². The normalized spacial score (nSPS) is 12.1. The monoisotopic (exact) mass is 368 g/mol. The molecule has 0 radical (unpaired) electrons. The fourth-order valence-corrected chi connectivity index (χ4v) is 2.85. The summed E-state index contributed by atoms with van der Waals surface area (Å²) in [6.45, 7) is 2.41. The van der Waals surface area contributed by atoms with Crippen molar-refractivity contribution in [2.45, 2.75) is 19.5 Å². The van der Waals surface area contributed by atoms with E-state index in [1.54, 1.807) is 12.1 Å². The van der Waals surface area contributed by atoms with Crippen LogP contribution in [0.15, 0.2) is 46.9 Å². The van der Waals surface area contributed by atoms with E-state index >= 15 is 0 Å². The molecular weight excluding hydrogens is 356 g/mol. The molecule has 21 heavy (non-hydrogen) atoms. The van der Waals surface area contributed by atoms with E-state index in [1.807, 2.05) is 31.2 Å². The maximum absolute atomic E-state index is 11.1. The van der Waals surface area contributed by atoms with E-state index in [2.05, 4.69) is 21.2 Å². The van der Waals surface area contributed by atoms with Crippen LogP contribution < -0.4 is 5.32 Å². The molecule has 1 N–H and O–H groups in total. The molecule has 0 aliphatic heterocycles. The number of nitrogens with zero attached hydrogens (tertiary/aromatic N) is 1. The second-order valence-electron chi connectivity index (χ2n) is 4.65. The molecule has 0 saturated carbocycles. The minimum atomic E-state index is -0.411. The van der Waals surface area contributed by atoms with Gasteiger partial charge in [0.2, 0.25) is 0 Å². The second kappa shape index (κ2) is 7.02. The zero-order valence-electron chi connectivity index (χ0n) is 11.3. The van der Waals surface area contributed by atoms with Crippen molar-refractivity contribution in [1.82, 2.24) is 5.32 Å². The first-order chi connectivity index (χ1) is 9.99. The molecule has 0 saturated heterocycles. The van der Waals surface area contributed by atoms with Crippen molar-refractivity contribution in [1.29, 1.82) is 0 Å². The van der Waals surface area contributed by atoms with Crippen molar-refractivity contribution in [3.05, 3.63) is 73.2 Å². The molecule has 0 amide bonds. The first-order valence-corrected chi connectivity index (χ1v) is 7.56. The van der Waals surface area contributed by atoms with Crippen LogP contribution in [0.1, 0.15) is 24.1 Å². The van der Waals surface area contributed by atoms with E-state index in [0.717, 1.165) is 10.0 Å². The minimum absolute atomic E-state index is 0.0364. The number of benzene rings is 2. The van der Waals surface area contributed by atoms with Gasteiger partial charge in [0.1, 0.15) is 0 Å². The molecule has 0 heterocycles. The lowest BCUT2D eigenvalue weighted by Crippen LogP contribution is -2.19. The molecular formula is C15H14BrClN2O2. The van der Waals surface area contributed by atoms with Gasteiger partial charge in [-0.05, 0) is 30.7 Å². The Morgan fingerprint density at radius 1 is 1.33 bits per heavy atom. The topological polar surface area (TPSA) is 55.2 Å². The smallest absolute Gasteiger partial charge is 0.275 e. The van der Waals surface area contributed by atoms with Crippen LogP contribution in [0, 0.1) is 10.1 Å². The summed E-state index contributed by atoms with van der Waals surface area (Å²) in [5.41, 5.74) is 1.76. The Morgan fingerprint density at radius 2 is 2.05 bits per heavy atom. The fourth-order valence-electron chi connectivity index (χ4n) is 2.06. The lowest BCUT2D eigenvalue weighted by molar-refractivity contribution is -0.385. The van der Waals surface area contributed by atoms with Crippen LogP contribution in [-0.4, -0.2) is 4.92 Å². The van der Waals surface area contributed by atoms with Crippen molar-refractivity contribution in [3.63, 3.8) is 0 Å². The van der Waals surface area contributed by atoms with Gasteiger partial charge in [-0.15, -0.1) is 0 Å². The first kappa shape index (κ1) is 15.9. The summed E-state index contributed by atoms with van der Waals surface area (Å²) in [4.78, 5) is 10.6. The highest BCUT2D eigenvalue weighted by molar-refractivity contribution is 9.10. The predicted octanol–water partition coefficient (Wildman–Crippen LogP) is 4.86. The third-order valence-electron chi connectivity index (χ3n) is 3.21. The Kier molecular flexibility index (Phi) is 5.33. The molecule has 0 unspecified atom stereocenters. The summed E-state index contributed by atoms with van der Waals surface area (Å²) in [5, 5.41) is 14.7. The molecule has 0 aromatic heterocycles. The van der Waals surface area contributed by atoms with Crippen molar-refractivity contribution < 1.29 is 4.92 Å².